The summed E-state index contributed by atoms with van der Waals surface area (Å²) in [6.45, 7) is 9.09. The van der Waals surface area contributed by atoms with E-state index in [0.717, 1.165) is 13.1 Å². The topological polar surface area (TPSA) is 29.5 Å². The van der Waals surface area contributed by atoms with Crippen molar-refractivity contribution in [3.63, 3.8) is 0 Å². The number of hydrogen-bond acceptors (Lipinski definition) is 3. The molecule has 1 aliphatic heterocycles. The zero-order valence-corrected chi connectivity index (χ0v) is 11.3. The fraction of sp³-hybridized carbons (Fsp3) is 0.786. The van der Waals surface area contributed by atoms with E-state index in [1.165, 1.54) is 5.57 Å². The molecule has 0 spiro atoms. The Labute approximate surface area is 104 Å². The van der Waals surface area contributed by atoms with E-state index in [1.54, 1.807) is 6.08 Å². The number of rotatable bonds is 2. The van der Waals surface area contributed by atoms with E-state index in [1.807, 2.05) is 6.92 Å². The number of esters is 1. The van der Waals surface area contributed by atoms with Gasteiger partial charge in [-0.25, -0.2) is 4.79 Å². The molecule has 0 aromatic rings. The maximum absolute atomic E-state index is 11.6. The lowest BCUT2D eigenvalue weighted by Crippen LogP contribution is -2.36. The van der Waals surface area contributed by atoms with Crippen LogP contribution >= 0.6 is 0 Å². The van der Waals surface area contributed by atoms with Crippen LogP contribution in [0.1, 0.15) is 20.8 Å². The normalized spacial score (nSPS) is 37.1. The highest BCUT2D eigenvalue weighted by Gasteiger charge is 2.46. The van der Waals surface area contributed by atoms with Crippen LogP contribution in [0, 0.1) is 23.7 Å². The molecule has 0 aromatic carbocycles. The monoisotopic (exact) mass is 237 g/mol. The van der Waals surface area contributed by atoms with E-state index in [9.17, 15) is 4.79 Å². The Balaban J connectivity index is 2.21. The molecule has 2 aliphatic rings. The molecule has 0 amide bonds. The van der Waals surface area contributed by atoms with E-state index >= 15 is 0 Å². The van der Waals surface area contributed by atoms with Gasteiger partial charge in [-0.1, -0.05) is 19.4 Å². The lowest BCUT2D eigenvalue weighted by Gasteiger charge is -2.32. The van der Waals surface area contributed by atoms with Crippen LogP contribution in [0.5, 0.6) is 0 Å². The van der Waals surface area contributed by atoms with Gasteiger partial charge >= 0.3 is 5.97 Å². The second kappa shape index (κ2) is 4.81. The highest BCUT2D eigenvalue weighted by atomic mass is 16.5. The Morgan fingerprint density at radius 3 is 2.35 bits per heavy atom. The number of likely N-dealkylation sites (tertiary alicyclic amines) is 1. The van der Waals surface area contributed by atoms with Crippen molar-refractivity contribution in [2.75, 3.05) is 26.7 Å². The van der Waals surface area contributed by atoms with Crippen molar-refractivity contribution < 1.29 is 9.53 Å². The van der Waals surface area contributed by atoms with E-state index in [4.69, 9.17) is 4.74 Å². The van der Waals surface area contributed by atoms with Crippen LogP contribution in [0.25, 0.3) is 0 Å². The largest absolute Gasteiger partial charge is 0.463 e. The second-order valence-electron chi connectivity index (χ2n) is 5.55. The van der Waals surface area contributed by atoms with Gasteiger partial charge in [0.15, 0.2) is 0 Å². The number of piperidine rings is 1. The van der Waals surface area contributed by atoms with Crippen LogP contribution in [0.4, 0.5) is 0 Å². The Morgan fingerprint density at radius 2 is 1.88 bits per heavy atom. The van der Waals surface area contributed by atoms with Crippen molar-refractivity contribution in [2.45, 2.75) is 20.8 Å². The minimum atomic E-state index is -0.164. The van der Waals surface area contributed by atoms with Crippen molar-refractivity contribution in [2.24, 2.45) is 23.7 Å². The lowest BCUT2D eigenvalue weighted by atomic mass is 9.89. The van der Waals surface area contributed by atoms with Gasteiger partial charge in [0, 0.05) is 19.2 Å². The van der Waals surface area contributed by atoms with Gasteiger partial charge in [-0.3, -0.25) is 0 Å². The molecule has 1 saturated heterocycles. The van der Waals surface area contributed by atoms with Gasteiger partial charge in [0.25, 0.3) is 0 Å². The summed E-state index contributed by atoms with van der Waals surface area (Å²) in [5, 5.41) is 0. The Morgan fingerprint density at radius 1 is 1.35 bits per heavy atom. The average Bonchev–Trinajstić information content (AvgIpc) is 2.42. The quantitative estimate of drug-likeness (QED) is 0.543. The first-order valence-electron chi connectivity index (χ1n) is 6.61. The molecule has 3 heteroatoms. The molecule has 3 nitrogen and oxygen atoms in total. The van der Waals surface area contributed by atoms with Crippen LogP contribution in [-0.4, -0.2) is 37.6 Å². The first kappa shape index (κ1) is 12.6. The average molecular weight is 237 g/mol. The van der Waals surface area contributed by atoms with E-state index < -0.39 is 0 Å². The van der Waals surface area contributed by atoms with Crippen LogP contribution in [-0.2, 0) is 9.53 Å². The van der Waals surface area contributed by atoms with E-state index in [2.05, 4.69) is 25.8 Å². The molecule has 0 N–H and O–H groups in total. The molecular weight excluding hydrogens is 214 g/mol. The first-order valence-corrected chi connectivity index (χ1v) is 6.61. The third-order valence-electron chi connectivity index (χ3n) is 4.54. The molecule has 1 saturated carbocycles. The predicted octanol–water partition coefficient (Wildman–Crippen LogP) is 1.94. The summed E-state index contributed by atoms with van der Waals surface area (Å²) in [5.74, 6) is 2.26. The van der Waals surface area contributed by atoms with Gasteiger partial charge in [-0.2, -0.15) is 0 Å². The number of ether oxygens (including phenoxy) is 1. The number of nitrogens with zero attached hydrogens (tertiary/aromatic N) is 1. The number of carbonyl (C=O) groups is 1. The highest BCUT2D eigenvalue weighted by molar-refractivity contribution is 5.83. The zero-order chi connectivity index (χ0) is 12.6. The lowest BCUT2D eigenvalue weighted by molar-refractivity contribution is -0.137. The molecule has 96 valence electrons. The Kier molecular flexibility index (Phi) is 3.57. The summed E-state index contributed by atoms with van der Waals surface area (Å²) >= 11 is 0. The van der Waals surface area contributed by atoms with Gasteiger partial charge in [0.2, 0.25) is 0 Å². The molecule has 2 rings (SSSR count). The van der Waals surface area contributed by atoms with Crippen molar-refractivity contribution in [1.29, 1.82) is 0 Å². The van der Waals surface area contributed by atoms with Crippen LogP contribution < -0.4 is 0 Å². The third kappa shape index (κ3) is 2.25. The van der Waals surface area contributed by atoms with Crippen LogP contribution in [0.2, 0.25) is 0 Å². The first-order chi connectivity index (χ1) is 8.04. The highest BCUT2D eigenvalue weighted by Crippen LogP contribution is 2.48. The minimum Gasteiger partial charge on any atom is -0.463 e. The molecule has 2 fully saturated rings. The Hall–Kier alpha value is -0.830. The SMILES string of the molecule is CCOC(=O)C=C1C2CN(C)CC1[C@H](C)[C@H]2C. The molecule has 1 aliphatic carbocycles. The molecule has 2 bridgehead atoms. The molecule has 2 unspecified atom stereocenters. The van der Waals surface area contributed by atoms with Crippen LogP contribution in [0.3, 0.4) is 0 Å². The van der Waals surface area contributed by atoms with Crippen molar-refractivity contribution >= 4 is 5.97 Å². The zero-order valence-electron chi connectivity index (χ0n) is 11.3. The van der Waals surface area contributed by atoms with Crippen molar-refractivity contribution in [3.05, 3.63) is 11.6 Å². The molecule has 17 heavy (non-hydrogen) atoms. The fourth-order valence-corrected chi connectivity index (χ4v) is 3.44. The van der Waals surface area contributed by atoms with Gasteiger partial charge in [0.1, 0.15) is 0 Å². The summed E-state index contributed by atoms with van der Waals surface area (Å²) < 4.78 is 5.04. The summed E-state index contributed by atoms with van der Waals surface area (Å²) in [5.41, 5.74) is 1.33. The molecule has 0 radical (unpaired) electrons. The van der Waals surface area contributed by atoms with Crippen LogP contribution in [0.15, 0.2) is 11.6 Å². The Bertz CT molecular complexity index is 317. The van der Waals surface area contributed by atoms with Crippen molar-refractivity contribution in [3.8, 4) is 0 Å². The summed E-state index contributed by atoms with van der Waals surface area (Å²) in [6.07, 6.45) is 1.77. The molecule has 4 atom stereocenters. The summed E-state index contributed by atoms with van der Waals surface area (Å²) in [6, 6.07) is 0. The second-order valence-corrected chi connectivity index (χ2v) is 5.55. The summed E-state index contributed by atoms with van der Waals surface area (Å²) in [4.78, 5) is 14.0. The fourth-order valence-electron chi connectivity index (χ4n) is 3.44. The molecular formula is C14H23NO2. The smallest absolute Gasteiger partial charge is 0.330 e. The predicted molar refractivity (Wildman–Crippen MR) is 67.5 cm³/mol. The third-order valence-corrected chi connectivity index (χ3v) is 4.54. The molecule has 0 aromatic heterocycles. The maximum Gasteiger partial charge on any atom is 0.330 e. The summed E-state index contributed by atoms with van der Waals surface area (Å²) in [7, 11) is 2.17. The number of hydrogen-bond donors (Lipinski definition) is 0. The molecule has 1 heterocycles. The number of carbonyl (C=O) groups excluding carboxylic acids is 1. The van der Waals surface area contributed by atoms with Crippen molar-refractivity contribution in [1.82, 2.24) is 4.90 Å². The van der Waals surface area contributed by atoms with E-state index in [0.29, 0.717) is 30.3 Å². The maximum atomic E-state index is 11.6. The van der Waals surface area contributed by atoms with E-state index in [-0.39, 0.29) is 5.97 Å². The van der Waals surface area contributed by atoms with Gasteiger partial charge in [0.05, 0.1) is 6.61 Å². The van der Waals surface area contributed by atoms with Gasteiger partial charge in [-0.15, -0.1) is 0 Å². The van der Waals surface area contributed by atoms with Gasteiger partial charge in [-0.05, 0) is 37.6 Å². The standard InChI is InChI=1S/C14H23NO2/c1-5-17-14(16)6-11-12-7-15(4)8-13(11)10(3)9(12)2/h6,9-10,12-13H,5,7-8H2,1-4H3/t9-,10-,12?,13?/m1/s1. The number of fused-ring (bicyclic) bond motifs is 2. The minimum absolute atomic E-state index is 0.164. The van der Waals surface area contributed by atoms with Gasteiger partial charge < -0.3 is 9.64 Å².